The highest BCUT2D eigenvalue weighted by molar-refractivity contribution is 5.26. The molecular weight excluding hydrogens is 267 g/mol. The van der Waals surface area contributed by atoms with Crippen LogP contribution in [-0.2, 0) is 6.42 Å². The SMILES string of the molecule is CCC(CC)n1ccc(CC(O)c2cc(C)cc(F)c2)n1. The zero-order valence-electron chi connectivity index (χ0n) is 12.9. The van der Waals surface area contributed by atoms with Crippen LogP contribution in [0.3, 0.4) is 0 Å². The van der Waals surface area contributed by atoms with Crippen LogP contribution in [0.5, 0.6) is 0 Å². The maximum absolute atomic E-state index is 13.4. The Bertz CT molecular complexity index is 570. The van der Waals surface area contributed by atoms with Crippen LogP contribution in [0.15, 0.2) is 30.5 Å². The van der Waals surface area contributed by atoms with Crippen LogP contribution >= 0.6 is 0 Å². The van der Waals surface area contributed by atoms with E-state index in [1.54, 1.807) is 0 Å². The molecule has 114 valence electrons. The third-order valence-electron chi connectivity index (χ3n) is 3.83. The molecule has 1 N–H and O–H groups in total. The number of aromatic nitrogens is 2. The molecule has 2 aromatic rings. The van der Waals surface area contributed by atoms with Crippen LogP contribution in [0.25, 0.3) is 0 Å². The normalized spacial score (nSPS) is 12.9. The van der Waals surface area contributed by atoms with Crippen molar-refractivity contribution in [3.05, 3.63) is 53.1 Å². The molecule has 0 aliphatic rings. The van der Waals surface area contributed by atoms with E-state index in [1.807, 2.05) is 29.9 Å². The fourth-order valence-corrected chi connectivity index (χ4v) is 2.63. The average Bonchev–Trinajstić information content (AvgIpc) is 2.87. The summed E-state index contributed by atoms with van der Waals surface area (Å²) in [5, 5.41) is 14.8. The third-order valence-corrected chi connectivity index (χ3v) is 3.83. The largest absolute Gasteiger partial charge is 0.388 e. The van der Waals surface area contributed by atoms with Crippen molar-refractivity contribution >= 4 is 0 Å². The first kappa shape index (κ1) is 15.7. The zero-order chi connectivity index (χ0) is 15.4. The van der Waals surface area contributed by atoms with Gasteiger partial charge in [-0.3, -0.25) is 4.68 Å². The molecule has 0 saturated heterocycles. The van der Waals surface area contributed by atoms with E-state index in [2.05, 4.69) is 18.9 Å². The van der Waals surface area contributed by atoms with Crippen molar-refractivity contribution in [3.8, 4) is 0 Å². The highest BCUT2D eigenvalue weighted by Gasteiger charge is 2.14. The van der Waals surface area contributed by atoms with Crippen LogP contribution in [-0.4, -0.2) is 14.9 Å². The summed E-state index contributed by atoms with van der Waals surface area (Å²) in [5.41, 5.74) is 2.24. The molecule has 0 spiro atoms. The van der Waals surface area contributed by atoms with Gasteiger partial charge in [-0.25, -0.2) is 4.39 Å². The van der Waals surface area contributed by atoms with Gasteiger partial charge in [0.05, 0.1) is 17.8 Å². The predicted molar refractivity (Wildman–Crippen MR) is 81.6 cm³/mol. The number of aryl methyl sites for hydroxylation is 1. The predicted octanol–water partition coefficient (Wildman–Crippen LogP) is 3.97. The Balaban J connectivity index is 2.10. The van der Waals surface area contributed by atoms with Gasteiger partial charge in [0.25, 0.3) is 0 Å². The van der Waals surface area contributed by atoms with Crippen molar-refractivity contribution in [1.29, 1.82) is 0 Å². The number of halogens is 1. The van der Waals surface area contributed by atoms with Gasteiger partial charge in [0.1, 0.15) is 5.82 Å². The first-order valence-corrected chi connectivity index (χ1v) is 7.52. The van der Waals surface area contributed by atoms with E-state index in [0.717, 1.165) is 24.1 Å². The number of hydrogen-bond donors (Lipinski definition) is 1. The van der Waals surface area contributed by atoms with Gasteiger partial charge >= 0.3 is 0 Å². The topological polar surface area (TPSA) is 38.0 Å². The molecule has 1 aromatic heterocycles. The molecule has 3 nitrogen and oxygen atoms in total. The monoisotopic (exact) mass is 290 g/mol. The Morgan fingerprint density at radius 2 is 1.95 bits per heavy atom. The molecule has 1 heterocycles. The maximum atomic E-state index is 13.4. The molecule has 21 heavy (non-hydrogen) atoms. The molecule has 1 aromatic carbocycles. The minimum absolute atomic E-state index is 0.313. The van der Waals surface area contributed by atoms with Crippen LogP contribution in [0.1, 0.15) is 55.7 Å². The van der Waals surface area contributed by atoms with E-state index in [1.165, 1.54) is 12.1 Å². The number of nitrogens with zero attached hydrogens (tertiary/aromatic N) is 2. The van der Waals surface area contributed by atoms with E-state index in [-0.39, 0.29) is 5.82 Å². The summed E-state index contributed by atoms with van der Waals surface area (Å²) in [6.07, 6.45) is 3.68. The molecule has 2 rings (SSSR count). The zero-order valence-corrected chi connectivity index (χ0v) is 12.9. The molecular formula is C17H23FN2O. The molecule has 0 saturated carbocycles. The third kappa shape index (κ3) is 3.91. The second kappa shape index (κ2) is 6.85. The molecule has 0 aliphatic heterocycles. The fourth-order valence-electron chi connectivity index (χ4n) is 2.63. The number of rotatable bonds is 6. The van der Waals surface area contributed by atoms with Gasteiger partial charge in [-0.1, -0.05) is 19.9 Å². The highest BCUT2D eigenvalue weighted by atomic mass is 19.1. The number of aliphatic hydroxyl groups is 1. The van der Waals surface area contributed by atoms with Crippen molar-refractivity contribution in [2.75, 3.05) is 0 Å². The Kier molecular flexibility index (Phi) is 5.12. The Morgan fingerprint density at radius 1 is 1.24 bits per heavy atom. The standard InChI is InChI=1S/C17H23FN2O/c1-4-16(5-2)20-7-6-15(19-20)11-17(21)13-8-12(3)9-14(18)10-13/h6-10,16-17,21H,4-5,11H2,1-3H3. The molecule has 0 fully saturated rings. The summed E-state index contributed by atoms with van der Waals surface area (Å²) in [4.78, 5) is 0. The highest BCUT2D eigenvalue weighted by Crippen LogP contribution is 2.21. The van der Waals surface area contributed by atoms with E-state index in [4.69, 9.17) is 0 Å². The summed E-state index contributed by atoms with van der Waals surface area (Å²) in [7, 11) is 0. The molecule has 4 heteroatoms. The van der Waals surface area contributed by atoms with Crippen molar-refractivity contribution in [2.24, 2.45) is 0 Å². The molecule has 0 bridgehead atoms. The van der Waals surface area contributed by atoms with E-state index >= 15 is 0 Å². The smallest absolute Gasteiger partial charge is 0.123 e. The van der Waals surface area contributed by atoms with Crippen molar-refractivity contribution in [3.63, 3.8) is 0 Å². The minimum atomic E-state index is -0.732. The average molecular weight is 290 g/mol. The second-order valence-corrected chi connectivity index (χ2v) is 5.54. The fraction of sp³-hybridized carbons (Fsp3) is 0.471. The number of aliphatic hydroxyl groups excluding tert-OH is 1. The summed E-state index contributed by atoms with van der Waals surface area (Å²) < 4.78 is 15.4. The molecule has 0 amide bonds. The van der Waals surface area contributed by atoms with Crippen LogP contribution in [0.2, 0.25) is 0 Å². The quantitative estimate of drug-likeness (QED) is 0.874. The first-order valence-electron chi connectivity index (χ1n) is 7.52. The lowest BCUT2D eigenvalue weighted by molar-refractivity contribution is 0.176. The molecule has 1 unspecified atom stereocenters. The molecule has 1 atom stereocenters. The second-order valence-electron chi connectivity index (χ2n) is 5.54. The Hall–Kier alpha value is -1.68. The molecule has 0 radical (unpaired) electrons. The summed E-state index contributed by atoms with van der Waals surface area (Å²) in [5.74, 6) is -0.313. The van der Waals surface area contributed by atoms with Crippen LogP contribution in [0.4, 0.5) is 4.39 Å². The summed E-state index contributed by atoms with van der Waals surface area (Å²) in [6.45, 7) is 6.10. The van der Waals surface area contributed by atoms with Gasteiger partial charge in [0, 0.05) is 12.6 Å². The van der Waals surface area contributed by atoms with Crippen molar-refractivity contribution in [2.45, 2.75) is 52.2 Å². The van der Waals surface area contributed by atoms with Crippen molar-refractivity contribution < 1.29 is 9.50 Å². The van der Waals surface area contributed by atoms with Crippen LogP contribution in [0, 0.1) is 12.7 Å². The van der Waals surface area contributed by atoms with Gasteiger partial charge in [0.2, 0.25) is 0 Å². The lowest BCUT2D eigenvalue weighted by Crippen LogP contribution is -2.09. The van der Waals surface area contributed by atoms with Gasteiger partial charge in [0.15, 0.2) is 0 Å². The Labute approximate surface area is 125 Å². The molecule has 0 aliphatic carbocycles. The number of hydrogen-bond acceptors (Lipinski definition) is 2. The minimum Gasteiger partial charge on any atom is -0.388 e. The van der Waals surface area contributed by atoms with E-state index < -0.39 is 6.10 Å². The van der Waals surface area contributed by atoms with E-state index in [0.29, 0.717) is 18.0 Å². The van der Waals surface area contributed by atoms with Gasteiger partial charge in [-0.05, 0) is 49.1 Å². The van der Waals surface area contributed by atoms with Gasteiger partial charge in [-0.15, -0.1) is 0 Å². The van der Waals surface area contributed by atoms with Crippen molar-refractivity contribution in [1.82, 2.24) is 9.78 Å². The number of benzene rings is 1. The van der Waals surface area contributed by atoms with Crippen LogP contribution < -0.4 is 0 Å². The lowest BCUT2D eigenvalue weighted by Gasteiger charge is -2.13. The summed E-state index contributed by atoms with van der Waals surface area (Å²) >= 11 is 0. The van der Waals surface area contributed by atoms with Gasteiger partial charge < -0.3 is 5.11 Å². The van der Waals surface area contributed by atoms with E-state index in [9.17, 15) is 9.50 Å². The summed E-state index contributed by atoms with van der Waals surface area (Å²) in [6, 6.07) is 6.97. The lowest BCUT2D eigenvalue weighted by atomic mass is 10.0. The first-order chi connectivity index (χ1) is 10.0. The van der Waals surface area contributed by atoms with Gasteiger partial charge in [-0.2, -0.15) is 5.10 Å². The maximum Gasteiger partial charge on any atom is 0.123 e. The Morgan fingerprint density at radius 3 is 2.57 bits per heavy atom.